The van der Waals surface area contributed by atoms with Gasteiger partial charge in [0.25, 0.3) is 0 Å². The summed E-state index contributed by atoms with van der Waals surface area (Å²) in [5, 5.41) is 6.52. The van der Waals surface area contributed by atoms with Gasteiger partial charge in [-0.15, -0.1) is 0 Å². The first-order valence-electron chi connectivity index (χ1n) is 11.7. The third-order valence-corrected chi connectivity index (χ3v) is 5.90. The first kappa shape index (κ1) is 22.8. The second kappa shape index (κ2) is 10.5. The quantitative estimate of drug-likeness (QED) is 0.420. The van der Waals surface area contributed by atoms with Gasteiger partial charge in [-0.3, -0.25) is 4.90 Å². The molecule has 2 N–H and O–H groups in total. The maximum Gasteiger partial charge on any atom is 0.229 e. The maximum absolute atomic E-state index is 4.58. The molecule has 0 atom stereocenters. The number of likely N-dealkylation sites (N-methyl/N-ethyl adjacent to an activating group) is 1. The van der Waals surface area contributed by atoms with Gasteiger partial charge in [-0.25, -0.2) is 19.9 Å². The number of rotatable bonds is 7. The molecular formula is C26H29N9. The second-order valence-corrected chi connectivity index (χ2v) is 8.72. The Balaban J connectivity index is 1.22. The molecule has 0 saturated carbocycles. The number of nitrogens with one attached hydrogen (secondary N) is 2. The van der Waals surface area contributed by atoms with Crippen LogP contribution in [0.2, 0.25) is 0 Å². The minimum absolute atomic E-state index is 0.511. The van der Waals surface area contributed by atoms with Crippen LogP contribution in [-0.4, -0.2) is 67.9 Å². The van der Waals surface area contributed by atoms with Crippen LogP contribution in [0.4, 0.5) is 23.3 Å². The molecule has 1 aliphatic heterocycles. The molecule has 0 radical (unpaired) electrons. The van der Waals surface area contributed by atoms with E-state index in [1.807, 2.05) is 25.1 Å². The van der Waals surface area contributed by atoms with Crippen molar-refractivity contribution >= 4 is 23.3 Å². The largest absolute Gasteiger partial charge is 0.325 e. The Morgan fingerprint density at radius 2 is 1.51 bits per heavy atom. The monoisotopic (exact) mass is 467 g/mol. The first-order chi connectivity index (χ1) is 17.1. The van der Waals surface area contributed by atoms with Gasteiger partial charge >= 0.3 is 0 Å². The van der Waals surface area contributed by atoms with E-state index in [4.69, 9.17) is 0 Å². The highest BCUT2D eigenvalue weighted by atomic mass is 15.2. The Hall–Kier alpha value is -3.95. The van der Waals surface area contributed by atoms with Gasteiger partial charge in [0.15, 0.2) is 5.82 Å². The van der Waals surface area contributed by atoms with Gasteiger partial charge in [-0.2, -0.15) is 4.98 Å². The number of hydrogen-bond acceptors (Lipinski definition) is 9. The fourth-order valence-corrected chi connectivity index (χ4v) is 3.93. The van der Waals surface area contributed by atoms with Crippen LogP contribution in [0.15, 0.2) is 67.0 Å². The predicted octanol–water partition coefficient (Wildman–Crippen LogP) is 3.87. The summed E-state index contributed by atoms with van der Waals surface area (Å²) in [6.45, 7) is 7.39. The molecule has 1 aromatic carbocycles. The van der Waals surface area contributed by atoms with Crippen LogP contribution >= 0.6 is 0 Å². The van der Waals surface area contributed by atoms with Crippen LogP contribution < -0.4 is 10.6 Å². The smallest absolute Gasteiger partial charge is 0.229 e. The van der Waals surface area contributed by atoms with Crippen molar-refractivity contribution < 1.29 is 0 Å². The highest BCUT2D eigenvalue weighted by Crippen LogP contribution is 2.20. The lowest BCUT2D eigenvalue weighted by Gasteiger charge is -2.32. The second-order valence-electron chi connectivity index (χ2n) is 8.72. The van der Waals surface area contributed by atoms with E-state index < -0.39 is 0 Å². The van der Waals surface area contributed by atoms with Crippen molar-refractivity contribution in [3.63, 3.8) is 0 Å². The Labute approximate surface area is 205 Å². The molecule has 0 unspecified atom stereocenters. The van der Waals surface area contributed by atoms with Gasteiger partial charge in [0.2, 0.25) is 5.95 Å². The van der Waals surface area contributed by atoms with Crippen molar-refractivity contribution in [3.8, 4) is 11.5 Å². The Bertz CT molecular complexity index is 1270. The third kappa shape index (κ3) is 6.14. The van der Waals surface area contributed by atoms with Gasteiger partial charge in [0.05, 0.1) is 0 Å². The molecule has 9 nitrogen and oxygen atoms in total. The van der Waals surface area contributed by atoms with Crippen molar-refractivity contribution in [1.82, 2.24) is 34.7 Å². The van der Waals surface area contributed by atoms with Crippen molar-refractivity contribution in [2.75, 3.05) is 43.9 Å². The SMILES string of the molecule is Cc1cccc(-c2nccc(Nc3ccnc(Nc4ccc(CN5CCN(C)CC5)cc4)n3)n2)n1. The number of piperazine rings is 1. The molecule has 178 valence electrons. The van der Waals surface area contributed by atoms with Crippen LogP contribution in [0.1, 0.15) is 11.3 Å². The van der Waals surface area contributed by atoms with E-state index in [0.29, 0.717) is 23.4 Å². The molecule has 0 spiro atoms. The number of aromatic nitrogens is 5. The molecule has 0 aliphatic carbocycles. The lowest BCUT2D eigenvalue weighted by atomic mass is 10.2. The molecule has 1 aliphatic rings. The number of benzene rings is 1. The molecular weight excluding hydrogens is 438 g/mol. The predicted molar refractivity (Wildman–Crippen MR) is 138 cm³/mol. The zero-order chi connectivity index (χ0) is 24.0. The Kier molecular flexibility index (Phi) is 6.87. The Morgan fingerprint density at radius 3 is 2.29 bits per heavy atom. The average Bonchev–Trinajstić information content (AvgIpc) is 2.87. The van der Waals surface area contributed by atoms with Gasteiger partial charge in [-0.1, -0.05) is 18.2 Å². The lowest BCUT2D eigenvalue weighted by molar-refractivity contribution is 0.148. The summed E-state index contributed by atoms with van der Waals surface area (Å²) in [5.41, 5.74) is 3.90. The fraction of sp³-hybridized carbons (Fsp3) is 0.269. The summed E-state index contributed by atoms with van der Waals surface area (Å²) < 4.78 is 0. The maximum atomic E-state index is 4.58. The minimum Gasteiger partial charge on any atom is -0.325 e. The van der Waals surface area contributed by atoms with Crippen molar-refractivity contribution in [2.45, 2.75) is 13.5 Å². The molecule has 35 heavy (non-hydrogen) atoms. The van der Waals surface area contributed by atoms with Gasteiger partial charge in [-0.05, 0) is 55.9 Å². The highest BCUT2D eigenvalue weighted by molar-refractivity contribution is 5.59. The minimum atomic E-state index is 0.511. The van der Waals surface area contributed by atoms with E-state index in [1.54, 1.807) is 24.5 Å². The summed E-state index contributed by atoms with van der Waals surface area (Å²) in [4.78, 5) is 27.2. The number of aryl methyl sites for hydroxylation is 1. The molecule has 3 aromatic heterocycles. The zero-order valence-corrected chi connectivity index (χ0v) is 20.0. The molecule has 4 heterocycles. The van der Waals surface area contributed by atoms with E-state index in [-0.39, 0.29) is 0 Å². The third-order valence-electron chi connectivity index (χ3n) is 5.90. The van der Waals surface area contributed by atoms with Crippen LogP contribution in [0.5, 0.6) is 0 Å². The van der Waals surface area contributed by atoms with E-state index in [2.05, 4.69) is 76.7 Å². The van der Waals surface area contributed by atoms with E-state index in [0.717, 1.165) is 49.8 Å². The van der Waals surface area contributed by atoms with Crippen molar-refractivity contribution in [2.24, 2.45) is 0 Å². The summed E-state index contributed by atoms with van der Waals surface area (Å²) in [5.74, 6) is 2.34. The zero-order valence-electron chi connectivity index (χ0n) is 20.0. The first-order valence-corrected chi connectivity index (χ1v) is 11.7. The van der Waals surface area contributed by atoms with E-state index in [1.165, 1.54) is 5.56 Å². The molecule has 1 saturated heterocycles. The molecule has 1 fully saturated rings. The topological polar surface area (TPSA) is 95.0 Å². The summed E-state index contributed by atoms with van der Waals surface area (Å²) >= 11 is 0. The lowest BCUT2D eigenvalue weighted by Crippen LogP contribution is -2.43. The van der Waals surface area contributed by atoms with Crippen molar-refractivity contribution in [3.05, 3.63) is 78.2 Å². The fourth-order valence-electron chi connectivity index (χ4n) is 3.93. The summed E-state index contributed by atoms with van der Waals surface area (Å²) in [6.07, 6.45) is 3.42. The van der Waals surface area contributed by atoms with E-state index in [9.17, 15) is 0 Å². The normalized spacial score (nSPS) is 14.6. The molecule has 5 rings (SSSR count). The summed E-state index contributed by atoms with van der Waals surface area (Å²) in [6, 6.07) is 17.8. The number of hydrogen-bond donors (Lipinski definition) is 2. The number of nitrogens with zero attached hydrogens (tertiary/aromatic N) is 7. The molecule has 0 amide bonds. The standard InChI is InChI=1S/C26H29N9/c1-19-4-3-5-22(29-19)25-27-12-10-23(32-25)31-24-11-13-28-26(33-24)30-21-8-6-20(7-9-21)18-35-16-14-34(2)15-17-35/h3-13H,14-18H2,1-2H3,(H2,27,28,30,31,32,33). The average molecular weight is 468 g/mol. The van der Waals surface area contributed by atoms with Crippen LogP contribution in [0.25, 0.3) is 11.5 Å². The Morgan fingerprint density at radius 1 is 0.771 bits per heavy atom. The van der Waals surface area contributed by atoms with Crippen LogP contribution in [0, 0.1) is 6.92 Å². The molecule has 0 bridgehead atoms. The van der Waals surface area contributed by atoms with Crippen LogP contribution in [0.3, 0.4) is 0 Å². The number of anilines is 4. The molecule has 4 aromatic rings. The highest BCUT2D eigenvalue weighted by Gasteiger charge is 2.13. The summed E-state index contributed by atoms with van der Waals surface area (Å²) in [7, 11) is 2.18. The van der Waals surface area contributed by atoms with Crippen molar-refractivity contribution in [1.29, 1.82) is 0 Å². The number of pyridine rings is 1. The van der Waals surface area contributed by atoms with Gasteiger partial charge < -0.3 is 15.5 Å². The van der Waals surface area contributed by atoms with Crippen LogP contribution in [-0.2, 0) is 6.54 Å². The van der Waals surface area contributed by atoms with Gasteiger partial charge in [0.1, 0.15) is 17.3 Å². The van der Waals surface area contributed by atoms with E-state index >= 15 is 0 Å². The van der Waals surface area contributed by atoms with Gasteiger partial charge in [0, 0.05) is 56.5 Å². The molecule has 9 heteroatoms.